The first-order valence-corrected chi connectivity index (χ1v) is 9.89. The summed E-state index contributed by atoms with van der Waals surface area (Å²) in [6.07, 6.45) is 0. The third-order valence-corrected chi connectivity index (χ3v) is 4.68. The summed E-state index contributed by atoms with van der Waals surface area (Å²) >= 11 is 0. The summed E-state index contributed by atoms with van der Waals surface area (Å²) in [6.45, 7) is 2.47. The molecule has 3 aromatic carbocycles. The van der Waals surface area contributed by atoms with Crippen LogP contribution in [0.3, 0.4) is 0 Å². The molecular weight excluding hydrogens is 392 g/mol. The number of primary amides is 1. The topological polar surface area (TPSA) is 105 Å². The van der Waals surface area contributed by atoms with Crippen molar-refractivity contribution in [3.8, 4) is 0 Å². The number of hydrogen-bond donors (Lipinski definition) is 3. The van der Waals surface area contributed by atoms with Crippen LogP contribution in [0, 0.1) is 0 Å². The van der Waals surface area contributed by atoms with E-state index in [4.69, 9.17) is 5.73 Å². The van der Waals surface area contributed by atoms with Gasteiger partial charge in [-0.15, -0.1) is 0 Å². The van der Waals surface area contributed by atoms with E-state index in [9.17, 15) is 14.4 Å². The molecule has 0 aliphatic rings. The molecule has 0 spiro atoms. The Bertz CT molecular complexity index is 1070. The second-order valence-corrected chi connectivity index (χ2v) is 6.77. The minimum atomic E-state index is -0.610. The molecular formula is C24H24N4O3. The number of hydrogen-bond acceptors (Lipinski definition) is 4. The predicted molar refractivity (Wildman–Crippen MR) is 122 cm³/mol. The van der Waals surface area contributed by atoms with Gasteiger partial charge < -0.3 is 21.3 Å². The van der Waals surface area contributed by atoms with E-state index in [1.54, 1.807) is 53.4 Å². The molecule has 0 atom stereocenters. The maximum atomic E-state index is 12.8. The molecule has 3 aromatic rings. The van der Waals surface area contributed by atoms with Crippen molar-refractivity contribution in [2.24, 2.45) is 5.73 Å². The largest absolute Gasteiger partial charge is 0.376 e. The first-order chi connectivity index (χ1) is 15.0. The van der Waals surface area contributed by atoms with Gasteiger partial charge in [-0.25, -0.2) is 0 Å². The molecule has 0 aliphatic carbocycles. The van der Waals surface area contributed by atoms with Gasteiger partial charge in [0.25, 0.3) is 11.8 Å². The lowest BCUT2D eigenvalue weighted by Crippen LogP contribution is -2.30. The van der Waals surface area contributed by atoms with Crippen molar-refractivity contribution in [2.75, 3.05) is 28.6 Å². The van der Waals surface area contributed by atoms with E-state index in [2.05, 4.69) is 10.6 Å². The van der Waals surface area contributed by atoms with Crippen molar-refractivity contribution >= 4 is 34.8 Å². The average Bonchev–Trinajstić information content (AvgIpc) is 2.79. The molecule has 0 saturated heterocycles. The normalized spacial score (nSPS) is 10.2. The highest BCUT2D eigenvalue weighted by atomic mass is 16.2. The second kappa shape index (κ2) is 10.1. The smallest absolute Gasteiger partial charge is 0.258 e. The number of nitrogens with two attached hydrogens (primary N) is 1. The Kier molecular flexibility index (Phi) is 7.01. The number of nitrogens with one attached hydrogen (secondary N) is 2. The maximum absolute atomic E-state index is 12.8. The second-order valence-electron chi connectivity index (χ2n) is 6.77. The van der Waals surface area contributed by atoms with E-state index in [1.165, 1.54) is 0 Å². The average molecular weight is 416 g/mol. The first kappa shape index (κ1) is 21.6. The molecule has 0 bridgehead atoms. The number of nitrogens with zero attached hydrogens (tertiary/aromatic N) is 1. The Morgan fingerprint density at radius 1 is 0.871 bits per heavy atom. The summed E-state index contributed by atoms with van der Waals surface area (Å²) in [5.41, 5.74) is 8.02. The molecule has 7 heteroatoms. The van der Waals surface area contributed by atoms with Gasteiger partial charge in [0.05, 0.1) is 17.8 Å². The van der Waals surface area contributed by atoms with Crippen molar-refractivity contribution in [1.29, 1.82) is 0 Å². The molecule has 31 heavy (non-hydrogen) atoms. The van der Waals surface area contributed by atoms with E-state index in [0.717, 1.165) is 5.69 Å². The number of rotatable bonds is 8. The molecule has 158 valence electrons. The lowest BCUT2D eigenvalue weighted by molar-refractivity contribution is -0.114. The van der Waals surface area contributed by atoms with Gasteiger partial charge in [0, 0.05) is 23.5 Å². The van der Waals surface area contributed by atoms with Gasteiger partial charge >= 0.3 is 0 Å². The Morgan fingerprint density at radius 2 is 1.52 bits per heavy atom. The zero-order valence-electron chi connectivity index (χ0n) is 17.2. The van der Waals surface area contributed by atoms with Gasteiger partial charge in [0.2, 0.25) is 5.91 Å². The van der Waals surface area contributed by atoms with E-state index in [0.29, 0.717) is 23.5 Å². The van der Waals surface area contributed by atoms with E-state index in [1.807, 2.05) is 37.3 Å². The quantitative estimate of drug-likeness (QED) is 0.523. The fraction of sp³-hybridized carbons (Fsp3) is 0.125. The highest BCUT2D eigenvalue weighted by Crippen LogP contribution is 2.18. The van der Waals surface area contributed by atoms with Gasteiger partial charge in [-0.05, 0) is 55.5 Å². The maximum Gasteiger partial charge on any atom is 0.258 e. The predicted octanol–water partition coefficient (Wildman–Crippen LogP) is 3.50. The Labute approximate surface area is 180 Å². The third kappa shape index (κ3) is 5.48. The Hall–Kier alpha value is -4.13. The number of carbonyl (C=O) groups is 3. The van der Waals surface area contributed by atoms with Gasteiger partial charge in [-0.2, -0.15) is 0 Å². The molecule has 4 N–H and O–H groups in total. The summed E-state index contributed by atoms with van der Waals surface area (Å²) in [4.78, 5) is 38.2. The zero-order chi connectivity index (χ0) is 22.2. The minimum absolute atomic E-state index is 0.00844. The lowest BCUT2D eigenvalue weighted by Gasteiger charge is -2.21. The summed E-state index contributed by atoms with van der Waals surface area (Å²) < 4.78 is 0. The van der Waals surface area contributed by atoms with Crippen molar-refractivity contribution in [1.82, 2.24) is 0 Å². The molecule has 0 aromatic heterocycles. The minimum Gasteiger partial charge on any atom is -0.376 e. The van der Waals surface area contributed by atoms with Crippen LogP contribution in [0.15, 0.2) is 78.9 Å². The van der Waals surface area contributed by atoms with Crippen molar-refractivity contribution < 1.29 is 14.4 Å². The fourth-order valence-electron chi connectivity index (χ4n) is 3.12. The molecule has 0 fully saturated rings. The van der Waals surface area contributed by atoms with Crippen LogP contribution in [0.25, 0.3) is 0 Å². The van der Waals surface area contributed by atoms with Crippen molar-refractivity contribution in [3.05, 3.63) is 90.0 Å². The van der Waals surface area contributed by atoms with Gasteiger partial charge in [-0.1, -0.05) is 30.3 Å². The van der Waals surface area contributed by atoms with E-state index >= 15 is 0 Å². The summed E-state index contributed by atoms with van der Waals surface area (Å²) in [6, 6.07) is 23.0. The molecule has 0 radical (unpaired) electrons. The number of anilines is 3. The highest BCUT2D eigenvalue weighted by Gasteiger charge is 2.16. The Morgan fingerprint density at radius 3 is 2.16 bits per heavy atom. The van der Waals surface area contributed by atoms with Crippen LogP contribution < -0.4 is 21.3 Å². The molecule has 0 unspecified atom stereocenters. The lowest BCUT2D eigenvalue weighted by atomic mass is 10.1. The fourth-order valence-corrected chi connectivity index (χ4v) is 3.12. The van der Waals surface area contributed by atoms with E-state index in [-0.39, 0.29) is 23.9 Å². The first-order valence-electron chi connectivity index (χ1n) is 9.89. The standard InChI is InChI=1S/C24H24N4O3/c1-2-28(19-8-4-3-5-9-19)24(31)17-12-14-18(15-13-17)26-16-22(29)27-21-11-7-6-10-20(21)23(25)30/h3-15,26H,2,16H2,1H3,(H2,25,30)(H,27,29). The zero-order valence-corrected chi connectivity index (χ0v) is 17.2. The summed E-state index contributed by atoms with van der Waals surface area (Å²) in [7, 11) is 0. The molecule has 3 amide bonds. The van der Waals surface area contributed by atoms with Crippen LogP contribution in [-0.2, 0) is 4.79 Å². The number of amides is 3. The van der Waals surface area contributed by atoms with Crippen LogP contribution in [-0.4, -0.2) is 30.8 Å². The van der Waals surface area contributed by atoms with Crippen molar-refractivity contribution in [2.45, 2.75) is 6.92 Å². The van der Waals surface area contributed by atoms with Crippen LogP contribution in [0.1, 0.15) is 27.6 Å². The molecule has 7 nitrogen and oxygen atoms in total. The summed E-state index contributed by atoms with van der Waals surface area (Å²) in [5.74, 6) is -1.03. The molecule has 0 aliphatic heterocycles. The van der Waals surface area contributed by atoms with E-state index < -0.39 is 5.91 Å². The SMILES string of the molecule is CCN(C(=O)c1ccc(NCC(=O)Nc2ccccc2C(N)=O)cc1)c1ccccc1. The summed E-state index contributed by atoms with van der Waals surface area (Å²) in [5, 5.41) is 5.67. The third-order valence-electron chi connectivity index (χ3n) is 4.68. The van der Waals surface area contributed by atoms with Crippen molar-refractivity contribution in [3.63, 3.8) is 0 Å². The van der Waals surface area contributed by atoms with Gasteiger partial charge in [0.15, 0.2) is 0 Å². The molecule has 0 saturated carbocycles. The van der Waals surface area contributed by atoms with Gasteiger partial charge in [-0.3, -0.25) is 14.4 Å². The van der Waals surface area contributed by atoms with Crippen LogP contribution in [0.2, 0.25) is 0 Å². The number of para-hydroxylation sites is 2. The van der Waals surface area contributed by atoms with Gasteiger partial charge in [0.1, 0.15) is 0 Å². The van der Waals surface area contributed by atoms with Crippen LogP contribution in [0.4, 0.5) is 17.1 Å². The van der Waals surface area contributed by atoms with Crippen LogP contribution in [0.5, 0.6) is 0 Å². The monoisotopic (exact) mass is 416 g/mol. The molecule has 0 heterocycles. The highest BCUT2D eigenvalue weighted by molar-refractivity contribution is 6.06. The van der Waals surface area contributed by atoms with Crippen LogP contribution >= 0.6 is 0 Å². The molecule has 3 rings (SSSR count). The Balaban J connectivity index is 1.60. The number of benzene rings is 3. The number of carbonyl (C=O) groups excluding carboxylic acids is 3.